The van der Waals surface area contributed by atoms with E-state index in [0.717, 1.165) is 13.0 Å². The fourth-order valence-corrected chi connectivity index (χ4v) is 2.16. The Morgan fingerprint density at radius 2 is 1.44 bits per heavy atom. The molecule has 4 nitrogen and oxygen atoms in total. The van der Waals surface area contributed by atoms with Crippen molar-refractivity contribution in [1.82, 2.24) is 14.7 Å². The lowest BCUT2D eigenvalue weighted by molar-refractivity contribution is 0.128. The fourth-order valence-electron chi connectivity index (χ4n) is 2.16. The van der Waals surface area contributed by atoms with Gasteiger partial charge in [-0.2, -0.15) is 0 Å². The van der Waals surface area contributed by atoms with E-state index in [0.29, 0.717) is 0 Å². The summed E-state index contributed by atoms with van der Waals surface area (Å²) in [7, 11) is 4.29. The zero-order chi connectivity index (χ0) is 11.8. The highest BCUT2D eigenvalue weighted by Gasteiger charge is 2.15. The largest absolute Gasteiger partial charge is 0.330 e. The molecular formula is C12H28N4. The minimum Gasteiger partial charge on any atom is -0.330 e. The third kappa shape index (κ3) is 5.80. The second-order valence-corrected chi connectivity index (χ2v) is 4.98. The number of rotatable bonds is 7. The highest BCUT2D eigenvalue weighted by Crippen LogP contribution is 2.03. The maximum atomic E-state index is 5.53. The van der Waals surface area contributed by atoms with Crippen LogP contribution in [0.25, 0.3) is 0 Å². The van der Waals surface area contributed by atoms with Crippen molar-refractivity contribution in [2.45, 2.75) is 12.8 Å². The Balaban J connectivity index is 2.03. The topological polar surface area (TPSA) is 35.7 Å². The summed E-state index contributed by atoms with van der Waals surface area (Å²) in [5.41, 5.74) is 5.53. The predicted octanol–water partition coefficient (Wildman–Crippen LogP) is -0.0955. The molecule has 1 fully saturated rings. The highest BCUT2D eigenvalue weighted by atomic mass is 15.3. The van der Waals surface area contributed by atoms with Crippen molar-refractivity contribution in [2.24, 2.45) is 5.73 Å². The van der Waals surface area contributed by atoms with Crippen molar-refractivity contribution in [1.29, 1.82) is 0 Å². The molecule has 0 radical (unpaired) electrons. The molecule has 0 bridgehead atoms. The molecule has 0 aromatic heterocycles. The second-order valence-electron chi connectivity index (χ2n) is 4.98. The maximum Gasteiger partial charge on any atom is 0.0110 e. The van der Waals surface area contributed by atoms with Gasteiger partial charge in [0.05, 0.1) is 0 Å². The van der Waals surface area contributed by atoms with E-state index < -0.39 is 0 Å². The van der Waals surface area contributed by atoms with Gasteiger partial charge in [0.1, 0.15) is 0 Å². The Kier molecular flexibility index (Phi) is 6.96. The maximum absolute atomic E-state index is 5.53. The first-order valence-corrected chi connectivity index (χ1v) is 6.52. The predicted molar refractivity (Wildman–Crippen MR) is 69.7 cm³/mol. The summed E-state index contributed by atoms with van der Waals surface area (Å²) in [6, 6.07) is 0. The second kappa shape index (κ2) is 8.01. The van der Waals surface area contributed by atoms with Crippen molar-refractivity contribution in [3.05, 3.63) is 0 Å². The molecular weight excluding hydrogens is 200 g/mol. The van der Waals surface area contributed by atoms with Crippen LogP contribution in [-0.4, -0.2) is 81.2 Å². The van der Waals surface area contributed by atoms with Gasteiger partial charge < -0.3 is 20.4 Å². The van der Waals surface area contributed by atoms with Crippen LogP contribution in [0.4, 0.5) is 0 Å². The van der Waals surface area contributed by atoms with Gasteiger partial charge in [0.25, 0.3) is 0 Å². The van der Waals surface area contributed by atoms with Gasteiger partial charge in [0.2, 0.25) is 0 Å². The lowest BCUT2D eigenvalue weighted by Gasteiger charge is -2.34. The molecule has 1 rings (SSSR count). The van der Waals surface area contributed by atoms with Gasteiger partial charge in [-0.15, -0.1) is 0 Å². The number of piperazine rings is 1. The molecule has 4 heteroatoms. The molecule has 0 aromatic rings. The Morgan fingerprint density at radius 1 is 0.938 bits per heavy atom. The molecule has 2 N–H and O–H groups in total. The lowest BCUT2D eigenvalue weighted by Crippen LogP contribution is -2.47. The van der Waals surface area contributed by atoms with E-state index in [4.69, 9.17) is 5.73 Å². The van der Waals surface area contributed by atoms with Crippen molar-refractivity contribution >= 4 is 0 Å². The van der Waals surface area contributed by atoms with Gasteiger partial charge in [0.15, 0.2) is 0 Å². The van der Waals surface area contributed by atoms with E-state index in [1.54, 1.807) is 0 Å². The summed E-state index contributed by atoms with van der Waals surface area (Å²) < 4.78 is 0. The molecule has 1 aliphatic heterocycles. The van der Waals surface area contributed by atoms with Crippen LogP contribution in [0.15, 0.2) is 0 Å². The van der Waals surface area contributed by atoms with Crippen LogP contribution in [0.2, 0.25) is 0 Å². The first kappa shape index (κ1) is 13.9. The number of nitrogens with two attached hydrogens (primary N) is 1. The van der Waals surface area contributed by atoms with Crippen molar-refractivity contribution in [3.8, 4) is 0 Å². The summed E-state index contributed by atoms with van der Waals surface area (Å²) in [6.07, 6.45) is 2.43. The van der Waals surface area contributed by atoms with Gasteiger partial charge in [-0.25, -0.2) is 0 Å². The minimum atomic E-state index is 0.822. The molecule has 0 aromatic carbocycles. The Hall–Kier alpha value is -0.160. The average Bonchev–Trinajstić information content (AvgIpc) is 2.27. The Bertz CT molecular complexity index is 164. The third-order valence-corrected chi connectivity index (χ3v) is 3.22. The normalized spacial score (nSPS) is 19.5. The summed E-state index contributed by atoms with van der Waals surface area (Å²) in [5.74, 6) is 0. The first-order chi connectivity index (χ1) is 7.72. The number of hydrogen-bond donors (Lipinski definition) is 1. The van der Waals surface area contributed by atoms with Crippen LogP contribution in [0.5, 0.6) is 0 Å². The summed E-state index contributed by atoms with van der Waals surface area (Å²) >= 11 is 0. The summed E-state index contributed by atoms with van der Waals surface area (Å²) in [5, 5.41) is 0. The van der Waals surface area contributed by atoms with Crippen molar-refractivity contribution in [2.75, 3.05) is 66.5 Å². The molecule has 1 aliphatic rings. The third-order valence-electron chi connectivity index (χ3n) is 3.22. The van der Waals surface area contributed by atoms with Gasteiger partial charge in [-0.3, -0.25) is 0 Å². The standard InChI is InChI=1S/C12H28N4/c1-14(2)6-4-8-16-11-9-15(10-12-16)7-3-5-13/h3-13H2,1-2H3. The van der Waals surface area contributed by atoms with Gasteiger partial charge in [-0.1, -0.05) is 0 Å². The zero-order valence-electron chi connectivity index (χ0n) is 11.0. The average molecular weight is 228 g/mol. The molecule has 16 heavy (non-hydrogen) atoms. The van der Waals surface area contributed by atoms with Gasteiger partial charge >= 0.3 is 0 Å². The Morgan fingerprint density at radius 3 is 1.88 bits per heavy atom. The van der Waals surface area contributed by atoms with E-state index >= 15 is 0 Å². The van der Waals surface area contributed by atoms with Crippen molar-refractivity contribution < 1.29 is 0 Å². The molecule has 0 aliphatic carbocycles. The van der Waals surface area contributed by atoms with Gasteiger partial charge in [-0.05, 0) is 53.1 Å². The molecule has 0 atom stereocenters. The van der Waals surface area contributed by atoms with Crippen LogP contribution in [-0.2, 0) is 0 Å². The van der Waals surface area contributed by atoms with E-state index in [1.165, 1.54) is 52.2 Å². The van der Waals surface area contributed by atoms with E-state index in [9.17, 15) is 0 Å². The van der Waals surface area contributed by atoms with E-state index in [-0.39, 0.29) is 0 Å². The molecule has 1 saturated heterocycles. The van der Waals surface area contributed by atoms with Crippen LogP contribution in [0, 0.1) is 0 Å². The molecule has 0 saturated carbocycles. The van der Waals surface area contributed by atoms with Crippen LogP contribution in [0.3, 0.4) is 0 Å². The summed E-state index contributed by atoms with van der Waals surface area (Å²) in [6.45, 7) is 9.38. The van der Waals surface area contributed by atoms with E-state index in [2.05, 4.69) is 28.8 Å². The Labute approximate surface area is 100 Å². The first-order valence-electron chi connectivity index (χ1n) is 6.52. The molecule has 96 valence electrons. The number of hydrogen-bond acceptors (Lipinski definition) is 4. The quantitative estimate of drug-likeness (QED) is 0.660. The minimum absolute atomic E-state index is 0.822. The smallest absolute Gasteiger partial charge is 0.0110 e. The fraction of sp³-hybridized carbons (Fsp3) is 1.00. The molecule has 1 heterocycles. The van der Waals surface area contributed by atoms with E-state index in [1.807, 2.05) is 0 Å². The van der Waals surface area contributed by atoms with Gasteiger partial charge in [0, 0.05) is 26.2 Å². The van der Waals surface area contributed by atoms with Crippen LogP contribution < -0.4 is 5.73 Å². The molecule has 0 spiro atoms. The molecule has 0 amide bonds. The van der Waals surface area contributed by atoms with Crippen LogP contribution in [0.1, 0.15) is 12.8 Å². The molecule has 0 unspecified atom stereocenters. The number of nitrogens with zero attached hydrogens (tertiary/aromatic N) is 3. The monoisotopic (exact) mass is 228 g/mol. The summed E-state index contributed by atoms with van der Waals surface area (Å²) in [4.78, 5) is 7.38. The van der Waals surface area contributed by atoms with Crippen LogP contribution >= 0.6 is 0 Å². The zero-order valence-corrected chi connectivity index (χ0v) is 11.0. The lowest BCUT2D eigenvalue weighted by atomic mass is 10.2. The SMILES string of the molecule is CN(C)CCCN1CCN(CCCN)CC1. The van der Waals surface area contributed by atoms with Crippen molar-refractivity contribution in [3.63, 3.8) is 0 Å². The highest BCUT2D eigenvalue weighted by molar-refractivity contribution is 4.72.